The lowest BCUT2D eigenvalue weighted by atomic mass is 9.84. The number of aliphatic hydroxyl groups is 1. The van der Waals surface area contributed by atoms with Gasteiger partial charge >= 0.3 is 0 Å². The molecule has 38 heavy (non-hydrogen) atoms. The van der Waals surface area contributed by atoms with Crippen molar-refractivity contribution in [3.63, 3.8) is 0 Å². The van der Waals surface area contributed by atoms with Crippen LogP contribution in [0.4, 0.5) is 5.69 Å². The Balaban J connectivity index is 1.18. The van der Waals surface area contributed by atoms with E-state index in [0.717, 1.165) is 23.1 Å². The van der Waals surface area contributed by atoms with E-state index < -0.39 is 28.3 Å². The van der Waals surface area contributed by atoms with E-state index in [9.17, 15) is 18.3 Å². The fourth-order valence-electron chi connectivity index (χ4n) is 4.95. The van der Waals surface area contributed by atoms with Gasteiger partial charge in [0, 0.05) is 23.7 Å². The summed E-state index contributed by atoms with van der Waals surface area (Å²) in [6.07, 6.45) is 0.316. The molecule has 200 valence electrons. The van der Waals surface area contributed by atoms with E-state index in [1.807, 2.05) is 54.6 Å². The topological polar surface area (TPSA) is 123 Å². The van der Waals surface area contributed by atoms with Crippen LogP contribution in [0.25, 0.3) is 0 Å². The number of fused-ring (bicyclic) bond motifs is 3. The number of sulfonamides is 1. The fourth-order valence-corrected chi connectivity index (χ4v) is 5.50. The molecule has 0 unspecified atom stereocenters. The molecule has 0 aromatic heterocycles. The molecule has 1 saturated heterocycles. The molecule has 5 rings (SSSR count). The molecule has 0 radical (unpaired) electrons. The van der Waals surface area contributed by atoms with E-state index in [1.165, 1.54) is 0 Å². The van der Waals surface area contributed by atoms with Crippen molar-refractivity contribution < 1.29 is 32.5 Å². The number of carbonyl (C=O) groups excluding carboxylic acids is 1. The number of nitrogens with one attached hydrogen (secondary N) is 2. The number of benzene rings is 3. The monoisotopic (exact) mass is 538 g/mol. The molecule has 3 aromatic carbocycles. The molecule has 0 bridgehead atoms. The van der Waals surface area contributed by atoms with Gasteiger partial charge in [-0.25, -0.2) is 8.42 Å². The highest BCUT2D eigenvalue weighted by molar-refractivity contribution is 7.92. The Hall–Kier alpha value is -3.60. The zero-order valence-corrected chi connectivity index (χ0v) is 21.7. The molecule has 4 atom stereocenters. The van der Waals surface area contributed by atoms with Crippen LogP contribution in [0.2, 0.25) is 0 Å². The molecule has 0 aliphatic carbocycles. The van der Waals surface area contributed by atoms with Gasteiger partial charge in [-0.2, -0.15) is 0 Å². The number of para-hydroxylation sites is 1. The second-order valence-electron chi connectivity index (χ2n) is 9.57. The van der Waals surface area contributed by atoms with Crippen molar-refractivity contribution >= 4 is 21.6 Å². The predicted molar refractivity (Wildman–Crippen MR) is 142 cm³/mol. The third kappa shape index (κ3) is 6.27. The summed E-state index contributed by atoms with van der Waals surface area (Å²) < 4.78 is 43.7. The molecule has 3 N–H and O–H groups in total. The Morgan fingerprint density at radius 2 is 1.79 bits per heavy atom. The summed E-state index contributed by atoms with van der Waals surface area (Å²) in [5.74, 6) is 1.79. The summed E-state index contributed by atoms with van der Waals surface area (Å²) in [5, 5.41) is 12.9. The van der Waals surface area contributed by atoms with Gasteiger partial charge in [0.1, 0.15) is 29.5 Å². The first-order valence-corrected chi connectivity index (χ1v) is 14.3. The van der Waals surface area contributed by atoms with Gasteiger partial charge in [-0.3, -0.25) is 9.52 Å². The van der Waals surface area contributed by atoms with E-state index >= 15 is 0 Å². The Morgan fingerprint density at radius 1 is 1.05 bits per heavy atom. The van der Waals surface area contributed by atoms with Crippen LogP contribution in [-0.2, 0) is 26.1 Å². The Bertz CT molecular complexity index is 1380. The van der Waals surface area contributed by atoms with Crippen LogP contribution < -0.4 is 19.5 Å². The number of amides is 1. The van der Waals surface area contributed by atoms with E-state index in [0.29, 0.717) is 30.2 Å². The minimum Gasteiger partial charge on any atom is -0.487 e. The average Bonchev–Trinajstić information content (AvgIpc) is 3.25. The van der Waals surface area contributed by atoms with Gasteiger partial charge in [0.15, 0.2) is 0 Å². The second kappa shape index (κ2) is 11.0. The standard InChI is InChI=1S/C28H30N2O7S/c1-38(33,34)30-19-9-12-25-23(13-19)24-14-22(36-26(17-31)28(24)37-25)15-27(32)29-16-18-7-10-21(11-8-18)35-20-5-3-2-4-6-20/h2-13,22,24,26,28,30-31H,14-17H2,1H3,(H,29,32)/t22-,24+,26+,28-/m0/s1. The van der Waals surface area contributed by atoms with Crippen LogP contribution in [0.5, 0.6) is 17.2 Å². The lowest BCUT2D eigenvalue weighted by Gasteiger charge is -2.37. The lowest BCUT2D eigenvalue weighted by molar-refractivity contribution is -0.142. The normalized spacial score (nSPS) is 22.1. The maximum atomic E-state index is 12.7. The molecule has 2 aliphatic rings. The summed E-state index contributed by atoms with van der Waals surface area (Å²) in [7, 11) is -3.43. The fraction of sp³-hybridized carbons (Fsp3) is 0.321. The quantitative estimate of drug-likeness (QED) is 0.381. The first kappa shape index (κ1) is 26.0. The zero-order valence-electron chi connectivity index (χ0n) is 20.9. The molecule has 2 aliphatic heterocycles. The van der Waals surface area contributed by atoms with Crippen molar-refractivity contribution in [3.05, 3.63) is 83.9 Å². The number of hydrogen-bond donors (Lipinski definition) is 3. The Morgan fingerprint density at radius 3 is 2.50 bits per heavy atom. The van der Waals surface area contributed by atoms with Gasteiger partial charge in [0.2, 0.25) is 15.9 Å². The van der Waals surface area contributed by atoms with E-state index in [1.54, 1.807) is 18.2 Å². The van der Waals surface area contributed by atoms with Gasteiger partial charge < -0.3 is 24.6 Å². The summed E-state index contributed by atoms with van der Waals surface area (Å²) in [4.78, 5) is 12.7. The number of rotatable bonds is 9. The second-order valence-corrected chi connectivity index (χ2v) is 11.3. The van der Waals surface area contributed by atoms with Gasteiger partial charge in [0.25, 0.3) is 0 Å². The van der Waals surface area contributed by atoms with E-state index in [4.69, 9.17) is 14.2 Å². The number of ether oxygens (including phenoxy) is 3. The van der Waals surface area contributed by atoms with Gasteiger partial charge in [0.05, 0.1) is 25.4 Å². The molecular formula is C28H30N2O7S. The van der Waals surface area contributed by atoms with Crippen molar-refractivity contribution in [2.24, 2.45) is 0 Å². The third-order valence-electron chi connectivity index (χ3n) is 6.61. The molecule has 0 spiro atoms. The first-order chi connectivity index (χ1) is 18.3. The van der Waals surface area contributed by atoms with Crippen LogP contribution in [0.3, 0.4) is 0 Å². The summed E-state index contributed by atoms with van der Waals surface area (Å²) in [6.45, 7) is 0.109. The van der Waals surface area contributed by atoms with Crippen molar-refractivity contribution in [2.75, 3.05) is 17.6 Å². The zero-order chi connectivity index (χ0) is 26.7. The molecule has 3 aromatic rings. The number of carbonyl (C=O) groups is 1. The number of aliphatic hydroxyl groups excluding tert-OH is 1. The van der Waals surface area contributed by atoms with E-state index in [2.05, 4.69) is 10.0 Å². The van der Waals surface area contributed by atoms with Crippen LogP contribution in [0.15, 0.2) is 72.8 Å². The maximum absolute atomic E-state index is 12.7. The maximum Gasteiger partial charge on any atom is 0.229 e. The van der Waals surface area contributed by atoms with Crippen LogP contribution in [-0.4, -0.2) is 50.6 Å². The van der Waals surface area contributed by atoms with Crippen LogP contribution in [0, 0.1) is 0 Å². The van der Waals surface area contributed by atoms with Crippen molar-refractivity contribution in [1.82, 2.24) is 5.32 Å². The van der Waals surface area contributed by atoms with Crippen LogP contribution >= 0.6 is 0 Å². The highest BCUT2D eigenvalue weighted by atomic mass is 32.2. The van der Waals surface area contributed by atoms with Crippen LogP contribution in [0.1, 0.15) is 29.9 Å². The van der Waals surface area contributed by atoms with Crippen molar-refractivity contribution in [2.45, 2.75) is 43.6 Å². The average molecular weight is 539 g/mol. The highest BCUT2D eigenvalue weighted by Crippen LogP contribution is 2.47. The Labute approximate surface area is 221 Å². The minimum absolute atomic E-state index is 0.130. The van der Waals surface area contributed by atoms with Crippen molar-refractivity contribution in [3.8, 4) is 17.2 Å². The smallest absolute Gasteiger partial charge is 0.229 e. The molecule has 1 fully saturated rings. The number of hydrogen-bond acceptors (Lipinski definition) is 7. The predicted octanol–water partition coefficient (Wildman–Crippen LogP) is 3.55. The lowest BCUT2D eigenvalue weighted by Crippen LogP contribution is -2.47. The molecule has 2 heterocycles. The number of anilines is 1. The minimum atomic E-state index is -3.43. The van der Waals surface area contributed by atoms with Gasteiger partial charge in [-0.15, -0.1) is 0 Å². The van der Waals surface area contributed by atoms with Gasteiger partial charge in [-0.05, 0) is 54.4 Å². The highest BCUT2D eigenvalue weighted by Gasteiger charge is 2.46. The third-order valence-corrected chi connectivity index (χ3v) is 7.21. The van der Waals surface area contributed by atoms with Gasteiger partial charge in [-0.1, -0.05) is 30.3 Å². The molecular weight excluding hydrogens is 508 g/mol. The largest absolute Gasteiger partial charge is 0.487 e. The molecule has 9 nitrogen and oxygen atoms in total. The SMILES string of the molecule is CS(=O)(=O)Nc1ccc2c(c1)[C@H]1C[C@@H](CC(=O)NCc3ccc(Oc4ccccc4)cc3)O[C@H](CO)[C@H]1O2. The first-order valence-electron chi connectivity index (χ1n) is 12.4. The summed E-state index contributed by atoms with van der Waals surface area (Å²) >= 11 is 0. The molecule has 10 heteroatoms. The van der Waals surface area contributed by atoms with E-state index in [-0.39, 0.29) is 24.9 Å². The van der Waals surface area contributed by atoms with Crippen molar-refractivity contribution in [1.29, 1.82) is 0 Å². The summed E-state index contributed by atoms with van der Waals surface area (Å²) in [6, 6.07) is 22.1. The molecule has 1 amide bonds. The summed E-state index contributed by atoms with van der Waals surface area (Å²) in [5.41, 5.74) is 2.21. The molecule has 0 saturated carbocycles. The Kier molecular flexibility index (Phi) is 7.55.